The summed E-state index contributed by atoms with van der Waals surface area (Å²) in [7, 11) is 0. The number of phenolic OH excluding ortho intramolecular Hbond substituents is 1. The van der Waals surface area contributed by atoms with Gasteiger partial charge in [-0.25, -0.2) is 0 Å². The second-order valence-corrected chi connectivity index (χ2v) is 4.62. The van der Waals surface area contributed by atoms with Gasteiger partial charge in [0.25, 0.3) is 0 Å². The number of anilines is 1. The standard InChI is InChI=1S/C16H13NO3/c1-2-17-11-7-8-12(18)14-13(11)15(19)9-5-3-4-6-10(9)16(14)20/h3-8,17-18H,2H2,1H3. The molecule has 4 nitrogen and oxygen atoms in total. The van der Waals surface area contributed by atoms with Gasteiger partial charge in [-0.3, -0.25) is 9.59 Å². The molecule has 1 aliphatic carbocycles. The van der Waals surface area contributed by atoms with Crippen LogP contribution in [0.15, 0.2) is 36.4 Å². The third kappa shape index (κ3) is 1.61. The Morgan fingerprint density at radius 2 is 1.55 bits per heavy atom. The third-order valence-corrected chi connectivity index (χ3v) is 3.42. The van der Waals surface area contributed by atoms with Crippen LogP contribution in [0.5, 0.6) is 5.75 Å². The Bertz CT molecular complexity index is 734. The molecule has 0 unspecified atom stereocenters. The molecule has 0 radical (unpaired) electrons. The zero-order valence-electron chi connectivity index (χ0n) is 10.9. The van der Waals surface area contributed by atoms with Crippen molar-refractivity contribution in [2.75, 3.05) is 11.9 Å². The maximum Gasteiger partial charge on any atom is 0.198 e. The summed E-state index contributed by atoms with van der Waals surface area (Å²) in [4.78, 5) is 25.1. The van der Waals surface area contributed by atoms with Gasteiger partial charge in [0.1, 0.15) is 5.75 Å². The molecule has 20 heavy (non-hydrogen) atoms. The van der Waals surface area contributed by atoms with E-state index in [9.17, 15) is 14.7 Å². The molecule has 0 saturated heterocycles. The molecule has 0 aliphatic heterocycles. The van der Waals surface area contributed by atoms with Crippen LogP contribution in [-0.4, -0.2) is 23.2 Å². The number of ketones is 2. The lowest BCUT2D eigenvalue weighted by Gasteiger charge is -2.21. The van der Waals surface area contributed by atoms with E-state index in [0.717, 1.165) is 0 Å². The average Bonchev–Trinajstić information content (AvgIpc) is 2.47. The number of hydrogen-bond acceptors (Lipinski definition) is 4. The van der Waals surface area contributed by atoms with Crippen molar-refractivity contribution >= 4 is 17.3 Å². The zero-order chi connectivity index (χ0) is 14.3. The molecular weight excluding hydrogens is 254 g/mol. The van der Waals surface area contributed by atoms with E-state index in [1.54, 1.807) is 30.3 Å². The maximum absolute atomic E-state index is 12.6. The summed E-state index contributed by atoms with van der Waals surface area (Å²) in [6, 6.07) is 9.74. The Balaban J connectivity index is 2.32. The molecule has 3 rings (SSSR count). The number of hydrogen-bond donors (Lipinski definition) is 2. The first-order chi connectivity index (χ1) is 9.65. The molecular formula is C16H13NO3. The number of fused-ring (bicyclic) bond motifs is 2. The molecule has 0 bridgehead atoms. The second kappa shape index (κ2) is 4.49. The van der Waals surface area contributed by atoms with E-state index in [-0.39, 0.29) is 28.4 Å². The van der Waals surface area contributed by atoms with Crippen molar-refractivity contribution < 1.29 is 14.7 Å². The minimum absolute atomic E-state index is 0.0900. The highest BCUT2D eigenvalue weighted by Crippen LogP contribution is 2.36. The Hall–Kier alpha value is -2.62. The quantitative estimate of drug-likeness (QED) is 0.700. The maximum atomic E-state index is 12.6. The molecule has 0 amide bonds. The summed E-state index contributed by atoms with van der Waals surface area (Å²) in [5, 5.41) is 13.0. The zero-order valence-corrected chi connectivity index (χ0v) is 10.9. The molecule has 0 atom stereocenters. The highest BCUT2D eigenvalue weighted by atomic mass is 16.3. The fraction of sp³-hybridized carbons (Fsp3) is 0.125. The molecule has 0 fully saturated rings. The van der Waals surface area contributed by atoms with Gasteiger partial charge in [0, 0.05) is 23.4 Å². The van der Waals surface area contributed by atoms with E-state index in [4.69, 9.17) is 0 Å². The lowest BCUT2D eigenvalue weighted by Crippen LogP contribution is -2.22. The molecule has 0 saturated carbocycles. The molecule has 0 heterocycles. The van der Waals surface area contributed by atoms with Crippen molar-refractivity contribution in [2.24, 2.45) is 0 Å². The van der Waals surface area contributed by atoms with Crippen molar-refractivity contribution in [1.29, 1.82) is 0 Å². The smallest absolute Gasteiger partial charge is 0.198 e. The van der Waals surface area contributed by atoms with Crippen LogP contribution in [0.2, 0.25) is 0 Å². The van der Waals surface area contributed by atoms with Gasteiger partial charge in [0.2, 0.25) is 0 Å². The highest BCUT2D eigenvalue weighted by molar-refractivity contribution is 6.31. The predicted octanol–water partition coefficient (Wildman–Crippen LogP) is 2.60. The summed E-state index contributed by atoms with van der Waals surface area (Å²) >= 11 is 0. The predicted molar refractivity (Wildman–Crippen MR) is 75.6 cm³/mol. The topological polar surface area (TPSA) is 66.4 Å². The lowest BCUT2D eigenvalue weighted by atomic mass is 9.82. The van der Waals surface area contributed by atoms with Crippen molar-refractivity contribution in [3.63, 3.8) is 0 Å². The summed E-state index contributed by atoms with van der Waals surface area (Å²) in [5.41, 5.74) is 1.65. The molecule has 2 aromatic rings. The van der Waals surface area contributed by atoms with Gasteiger partial charge >= 0.3 is 0 Å². The summed E-state index contributed by atoms with van der Waals surface area (Å²) < 4.78 is 0. The first kappa shape index (κ1) is 12.4. The molecule has 4 heteroatoms. The SMILES string of the molecule is CCNc1ccc(O)c2c1C(=O)c1ccccc1C2=O. The number of aromatic hydroxyl groups is 1. The number of rotatable bonds is 2. The molecule has 2 N–H and O–H groups in total. The van der Waals surface area contributed by atoms with Gasteiger partial charge in [-0.2, -0.15) is 0 Å². The van der Waals surface area contributed by atoms with Crippen LogP contribution in [0.4, 0.5) is 5.69 Å². The van der Waals surface area contributed by atoms with Crippen molar-refractivity contribution in [1.82, 2.24) is 0 Å². The van der Waals surface area contributed by atoms with Gasteiger partial charge in [0.05, 0.1) is 11.1 Å². The first-order valence-corrected chi connectivity index (χ1v) is 6.43. The number of carbonyl (C=O) groups excluding carboxylic acids is 2. The molecule has 0 spiro atoms. The van der Waals surface area contributed by atoms with Crippen molar-refractivity contribution in [3.8, 4) is 5.75 Å². The summed E-state index contributed by atoms with van der Waals surface area (Å²) in [5.74, 6) is -0.705. The molecule has 1 aliphatic rings. The fourth-order valence-electron chi connectivity index (χ4n) is 2.54. The first-order valence-electron chi connectivity index (χ1n) is 6.43. The van der Waals surface area contributed by atoms with E-state index in [1.807, 2.05) is 6.92 Å². The summed E-state index contributed by atoms with van der Waals surface area (Å²) in [6.07, 6.45) is 0. The number of nitrogens with one attached hydrogen (secondary N) is 1. The van der Waals surface area contributed by atoms with E-state index in [2.05, 4.69) is 5.32 Å². The van der Waals surface area contributed by atoms with Crippen molar-refractivity contribution in [2.45, 2.75) is 6.92 Å². The van der Waals surface area contributed by atoms with Gasteiger partial charge in [-0.1, -0.05) is 24.3 Å². The van der Waals surface area contributed by atoms with E-state index >= 15 is 0 Å². The fourth-order valence-corrected chi connectivity index (χ4v) is 2.54. The molecule has 100 valence electrons. The van der Waals surface area contributed by atoms with Crippen LogP contribution in [-0.2, 0) is 0 Å². The van der Waals surface area contributed by atoms with Gasteiger partial charge in [-0.05, 0) is 19.1 Å². The Morgan fingerprint density at radius 1 is 0.950 bits per heavy atom. The van der Waals surface area contributed by atoms with Gasteiger partial charge in [0.15, 0.2) is 11.6 Å². The largest absolute Gasteiger partial charge is 0.507 e. The van der Waals surface area contributed by atoms with Crippen LogP contribution in [0.3, 0.4) is 0 Å². The third-order valence-electron chi connectivity index (χ3n) is 3.42. The number of carbonyl (C=O) groups is 2. The Kier molecular flexibility index (Phi) is 2.79. The van der Waals surface area contributed by atoms with Gasteiger partial charge in [-0.15, -0.1) is 0 Å². The minimum atomic E-state index is -0.313. The lowest BCUT2D eigenvalue weighted by molar-refractivity contribution is 0.0977. The van der Waals surface area contributed by atoms with Gasteiger partial charge < -0.3 is 10.4 Å². The Labute approximate surface area is 116 Å². The average molecular weight is 267 g/mol. The van der Waals surface area contributed by atoms with Crippen molar-refractivity contribution in [3.05, 3.63) is 58.7 Å². The second-order valence-electron chi connectivity index (χ2n) is 4.62. The molecule has 0 aromatic heterocycles. The van der Waals surface area contributed by atoms with E-state index < -0.39 is 0 Å². The van der Waals surface area contributed by atoms with Crippen LogP contribution >= 0.6 is 0 Å². The minimum Gasteiger partial charge on any atom is -0.507 e. The highest BCUT2D eigenvalue weighted by Gasteiger charge is 2.33. The number of benzene rings is 2. The van der Waals surface area contributed by atoms with Crippen LogP contribution in [0, 0.1) is 0 Å². The van der Waals surface area contributed by atoms with E-state index in [0.29, 0.717) is 23.4 Å². The van der Waals surface area contributed by atoms with Crippen LogP contribution < -0.4 is 5.32 Å². The monoisotopic (exact) mass is 267 g/mol. The van der Waals surface area contributed by atoms with Crippen LogP contribution in [0.1, 0.15) is 38.8 Å². The van der Waals surface area contributed by atoms with Crippen LogP contribution in [0.25, 0.3) is 0 Å². The van der Waals surface area contributed by atoms with E-state index in [1.165, 1.54) is 6.07 Å². The summed E-state index contributed by atoms with van der Waals surface area (Å²) in [6.45, 7) is 2.53. The number of phenols is 1. The molecule has 2 aromatic carbocycles. The Morgan fingerprint density at radius 3 is 2.15 bits per heavy atom. The normalized spacial score (nSPS) is 12.8.